The molecule has 0 spiro atoms. The first-order chi connectivity index (χ1) is 8.57. The highest BCUT2D eigenvalue weighted by Gasteiger charge is 2.23. The fourth-order valence-corrected chi connectivity index (χ4v) is 3.95. The molecule has 19 heavy (non-hydrogen) atoms. The Bertz CT molecular complexity index is 562. The molecule has 0 fully saturated rings. The number of rotatable bonds is 4. The molecule has 0 bridgehead atoms. The van der Waals surface area contributed by atoms with E-state index in [0.29, 0.717) is 14.7 Å². The quantitative estimate of drug-likeness (QED) is 0.698. The third-order valence-corrected chi connectivity index (χ3v) is 4.97. The van der Waals surface area contributed by atoms with E-state index in [1.54, 1.807) is 6.07 Å². The van der Waals surface area contributed by atoms with Gasteiger partial charge < -0.3 is 4.74 Å². The zero-order valence-corrected chi connectivity index (χ0v) is 15.1. The number of ether oxygens (including phenoxy) is 1. The van der Waals surface area contributed by atoms with Crippen molar-refractivity contribution in [2.24, 2.45) is 5.41 Å². The average Bonchev–Trinajstić information content (AvgIpc) is 2.28. The normalized spacial score (nSPS) is 12.5. The van der Waals surface area contributed by atoms with Crippen molar-refractivity contribution in [1.29, 1.82) is 0 Å². The summed E-state index contributed by atoms with van der Waals surface area (Å²) in [5.74, 6) is 0.543. The van der Waals surface area contributed by atoms with E-state index in [0.717, 1.165) is 0 Å². The van der Waals surface area contributed by atoms with Gasteiger partial charge in [0.25, 0.3) is 10.1 Å². The molecule has 0 radical (unpaired) electrons. The molecule has 7 heteroatoms. The van der Waals surface area contributed by atoms with Gasteiger partial charge in [-0.15, -0.1) is 0 Å². The molecule has 4 nitrogen and oxygen atoms in total. The van der Waals surface area contributed by atoms with E-state index < -0.39 is 10.1 Å². The minimum atomic E-state index is -3.80. The molecular weight excluding hydrogens is 400 g/mol. The molecule has 0 atom stereocenters. The van der Waals surface area contributed by atoms with Crippen LogP contribution in [0.25, 0.3) is 0 Å². The van der Waals surface area contributed by atoms with Gasteiger partial charge in [-0.2, -0.15) is 8.42 Å². The van der Waals surface area contributed by atoms with Crippen molar-refractivity contribution in [2.45, 2.75) is 25.7 Å². The van der Waals surface area contributed by atoms with Crippen LogP contribution in [0, 0.1) is 5.41 Å². The van der Waals surface area contributed by atoms with Crippen LogP contribution < -0.4 is 4.74 Å². The summed E-state index contributed by atoms with van der Waals surface area (Å²) < 4.78 is 35.4. The topological polar surface area (TPSA) is 52.6 Å². The lowest BCUT2D eigenvalue weighted by Crippen LogP contribution is -2.19. The van der Waals surface area contributed by atoms with Crippen LogP contribution in [0.1, 0.15) is 20.8 Å². The van der Waals surface area contributed by atoms with Gasteiger partial charge in [0, 0.05) is 4.47 Å². The lowest BCUT2D eigenvalue weighted by atomic mass is 9.99. The molecule has 0 saturated carbocycles. The van der Waals surface area contributed by atoms with Gasteiger partial charge in [-0.1, -0.05) is 20.8 Å². The summed E-state index contributed by atoms with van der Waals surface area (Å²) in [6, 6.07) is 3.04. The summed E-state index contributed by atoms with van der Waals surface area (Å²) >= 11 is 6.48. The van der Waals surface area contributed by atoms with E-state index in [1.807, 2.05) is 20.8 Å². The van der Waals surface area contributed by atoms with Crippen LogP contribution in [-0.4, -0.2) is 22.1 Å². The monoisotopic (exact) mass is 414 g/mol. The molecule has 0 aliphatic heterocycles. The molecule has 108 valence electrons. The minimum Gasteiger partial charge on any atom is -0.496 e. The SMILES string of the molecule is COc1cc(Br)c(S(=O)(=O)OCC(C)(C)C)cc1Br. The smallest absolute Gasteiger partial charge is 0.298 e. The molecule has 0 saturated heterocycles. The van der Waals surface area contributed by atoms with Gasteiger partial charge in [0.05, 0.1) is 18.2 Å². The Morgan fingerprint density at radius 3 is 2.21 bits per heavy atom. The zero-order chi connectivity index (χ0) is 14.8. The molecule has 0 unspecified atom stereocenters. The van der Waals surface area contributed by atoms with Gasteiger partial charge in [0.2, 0.25) is 0 Å². The van der Waals surface area contributed by atoms with E-state index in [4.69, 9.17) is 8.92 Å². The summed E-state index contributed by atoms with van der Waals surface area (Å²) in [5.41, 5.74) is -0.233. The predicted molar refractivity (Wildman–Crippen MR) is 81.0 cm³/mol. The second-order valence-corrected chi connectivity index (χ2v) is 8.49. The molecular formula is C12H16Br2O4S. The average molecular weight is 416 g/mol. The van der Waals surface area contributed by atoms with Crippen LogP contribution in [0.3, 0.4) is 0 Å². The molecule has 0 aliphatic rings. The predicted octanol–water partition coefficient (Wildman–Crippen LogP) is 3.97. The molecule has 0 aromatic heterocycles. The lowest BCUT2D eigenvalue weighted by molar-refractivity contribution is 0.203. The van der Waals surface area contributed by atoms with Crippen LogP contribution in [-0.2, 0) is 14.3 Å². The molecule has 1 aromatic carbocycles. The highest BCUT2D eigenvalue weighted by molar-refractivity contribution is 9.11. The number of halogens is 2. The number of methoxy groups -OCH3 is 1. The van der Waals surface area contributed by atoms with Gasteiger partial charge >= 0.3 is 0 Å². The Kier molecular flexibility index (Phi) is 5.45. The van der Waals surface area contributed by atoms with Crippen LogP contribution in [0.15, 0.2) is 26.0 Å². The van der Waals surface area contributed by atoms with E-state index in [1.165, 1.54) is 13.2 Å². The molecule has 1 aromatic rings. The molecule has 0 amide bonds. The summed E-state index contributed by atoms with van der Waals surface area (Å²) in [5, 5.41) is 0. The van der Waals surface area contributed by atoms with Crippen molar-refractivity contribution in [3.8, 4) is 5.75 Å². The van der Waals surface area contributed by atoms with Crippen molar-refractivity contribution < 1.29 is 17.3 Å². The van der Waals surface area contributed by atoms with E-state index in [2.05, 4.69) is 31.9 Å². The summed E-state index contributed by atoms with van der Waals surface area (Å²) in [6.07, 6.45) is 0. The Balaban J connectivity index is 3.12. The maximum Gasteiger partial charge on any atom is 0.298 e. The van der Waals surface area contributed by atoms with E-state index in [-0.39, 0.29) is 16.9 Å². The highest BCUT2D eigenvalue weighted by Crippen LogP contribution is 2.34. The van der Waals surface area contributed by atoms with Gasteiger partial charge in [-0.25, -0.2) is 0 Å². The zero-order valence-electron chi connectivity index (χ0n) is 11.2. The van der Waals surface area contributed by atoms with Crippen molar-refractivity contribution in [2.75, 3.05) is 13.7 Å². The largest absolute Gasteiger partial charge is 0.496 e. The van der Waals surface area contributed by atoms with Gasteiger partial charge in [0.1, 0.15) is 10.6 Å². The maximum atomic E-state index is 12.1. The summed E-state index contributed by atoms with van der Waals surface area (Å²) in [6.45, 7) is 5.83. The van der Waals surface area contributed by atoms with Crippen molar-refractivity contribution in [1.82, 2.24) is 0 Å². The second-order valence-electron chi connectivity index (χ2n) is 5.19. The van der Waals surface area contributed by atoms with Crippen molar-refractivity contribution in [3.05, 3.63) is 21.1 Å². The van der Waals surface area contributed by atoms with Crippen LogP contribution in [0.5, 0.6) is 5.75 Å². The highest BCUT2D eigenvalue weighted by atomic mass is 79.9. The molecule has 0 heterocycles. The van der Waals surface area contributed by atoms with Crippen LogP contribution in [0.2, 0.25) is 0 Å². The summed E-state index contributed by atoms with van der Waals surface area (Å²) in [7, 11) is -2.29. The number of hydrogen-bond acceptors (Lipinski definition) is 4. The Hall–Kier alpha value is -0.110. The molecule has 0 aliphatic carbocycles. The lowest BCUT2D eigenvalue weighted by Gasteiger charge is -2.18. The Morgan fingerprint density at radius 1 is 1.16 bits per heavy atom. The van der Waals surface area contributed by atoms with Crippen molar-refractivity contribution >= 4 is 42.0 Å². The summed E-state index contributed by atoms with van der Waals surface area (Å²) in [4.78, 5) is 0.0735. The Labute approximate surface area is 130 Å². The van der Waals surface area contributed by atoms with Gasteiger partial charge in [-0.3, -0.25) is 4.18 Å². The van der Waals surface area contributed by atoms with Gasteiger partial charge in [-0.05, 0) is 49.4 Å². The standard InChI is InChI=1S/C12H16Br2O4S/c1-12(2,3)7-18-19(15,16)11-6-8(13)10(17-4)5-9(11)14/h5-6H,7H2,1-4H3. The van der Waals surface area contributed by atoms with Crippen molar-refractivity contribution in [3.63, 3.8) is 0 Å². The third kappa shape index (κ3) is 4.73. The minimum absolute atomic E-state index is 0.0735. The van der Waals surface area contributed by atoms with Crippen LogP contribution >= 0.6 is 31.9 Å². The molecule has 0 N–H and O–H groups in total. The fraction of sp³-hybridized carbons (Fsp3) is 0.500. The Morgan fingerprint density at radius 2 is 1.74 bits per heavy atom. The van der Waals surface area contributed by atoms with Gasteiger partial charge in [0.15, 0.2) is 0 Å². The fourth-order valence-electron chi connectivity index (χ4n) is 1.18. The maximum absolute atomic E-state index is 12.1. The first-order valence-corrected chi connectivity index (χ1v) is 8.49. The first-order valence-electron chi connectivity index (χ1n) is 5.49. The third-order valence-electron chi connectivity index (χ3n) is 2.12. The van der Waals surface area contributed by atoms with E-state index in [9.17, 15) is 8.42 Å². The van der Waals surface area contributed by atoms with E-state index >= 15 is 0 Å². The number of benzene rings is 1. The molecule has 1 rings (SSSR count). The first kappa shape index (κ1) is 16.9. The number of hydrogen-bond donors (Lipinski definition) is 0. The van der Waals surface area contributed by atoms with Crippen LogP contribution in [0.4, 0.5) is 0 Å². The second kappa shape index (κ2) is 6.11.